The van der Waals surface area contributed by atoms with Gasteiger partial charge in [0.05, 0.1) is 17.1 Å². The lowest BCUT2D eigenvalue weighted by Crippen LogP contribution is -2.30. The van der Waals surface area contributed by atoms with Crippen LogP contribution in [-0.2, 0) is 0 Å². The molecule has 0 aliphatic rings. The van der Waals surface area contributed by atoms with Gasteiger partial charge in [0, 0.05) is 0 Å². The average molecular weight is 419 g/mol. The van der Waals surface area contributed by atoms with Gasteiger partial charge in [-0.1, -0.05) is 78.9 Å². The molecule has 7 heteroatoms. The Hall–Kier alpha value is -4.65. The van der Waals surface area contributed by atoms with Crippen LogP contribution in [0.15, 0.2) is 99.6 Å². The number of nitrogens with zero attached hydrogens (tertiary/aromatic N) is 5. The van der Waals surface area contributed by atoms with Crippen LogP contribution < -0.4 is 11.1 Å². The van der Waals surface area contributed by atoms with Crippen molar-refractivity contribution in [1.29, 1.82) is 0 Å². The van der Waals surface area contributed by atoms with Crippen LogP contribution in [-0.4, -0.2) is 25.5 Å². The van der Waals surface area contributed by atoms with Crippen molar-refractivity contribution in [1.82, 2.24) is 19.3 Å². The van der Waals surface area contributed by atoms with Crippen LogP contribution in [0.25, 0.3) is 28.8 Å². The van der Waals surface area contributed by atoms with Gasteiger partial charge in [-0.05, 0) is 29.3 Å². The van der Waals surface area contributed by atoms with Crippen LogP contribution in [0.5, 0.6) is 0 Å². The van der Waals surface area contributed by atoms with Gasteiger partial charge in [0.1, 0.15) is 0 Å². The van der Waals surface area contributed by atoms with Crippen molar-refractivity contribution in [2.24, 2.45) is 5.10 Å². The third-order valence-electron chi connectivity index (χ3n) is 4.90. The van der Waals surface area contributed by atoms with E-state index in [1.807, 2.05) is 60.7 Å². The molecule has 0 spiro atoms. The van der Waals surface area contributed by atoms with Crippen molar-refractivity contribution < 1.29 is 0 Å². The SMILES string of the molecule is O=c1c(/C=C/c2ccccc2)nn2c(=O)c3ccccc3nc2n1/N=C/c1ccccc1. The van der Waals surface area contributed by atoms with Crippen LogP contribution in [0.2, 0.25) is 0 Å². The molecule has 154 valence electrons. The molecule has 0 atom stereocenters. The molecular weight excluding hydrogens is 402 g/mol. The summed E-state index contributed by atoms with van der Waals surface area (Å²) in [6.07, 6.45) is 4.89. The topological polar surface area (TPSA) is 81.6 Å². The fraction of sp³-hybridized carbons (Fsp3) is 0. The number of benzene rings is 3. The Kier molecular flexibility index (Phi) is 4.97. The summed E-state index contributed by atoms with van der Waals surface area (Å²) in [5.41, 5.74) is 1.40. The van der Waals surface area contributed by atoms with Crippen molar-refractivity contribution in [2.75, 3.05) is 0 Å². The van der Waals surface area contributed by atoms with E-state index in [-0.39, 0.29) is 17.0 Å². The van der Waals surface area contributed by atoms with Crippen LogP contribution in [0.1, 0.15) is 16.8 Å². The van der Waals surface area contributed by atoms with E-state index in [2.05, 4.69) is 15.2 Å². The van der Waals surface area contributed by atoms with E-state index in [1.54, 1.807) is 42.6 Å². The zero-order valence-corrected chi connectivity index (χ0v) is 16.9. The molecule has 0 saturated carbocycles. The Labute approximate surface area is 182 Å². The summed E-state index contributed by atoms with van der Waals surface area (Å²) < 4.78 is 2.23. The van der Waals surface area contributed by atoms with Crippen molar-refractivity contribution in [3.63, 3.8) is 0 Å². The van der Waals surface area contributed by atoms with E-state index in [4.69, 9.17) is 0 Å². The number of hydrogen-bond acceptors (Lipinski definition) is 5. The first-order chi connectivity index (χ1) is 15.7. The third-order valence-corrected chi connectivity index (χ3v) is 4.90. The van der Waals surface area contributed by atoms with E-state index < -0.39 is 5.56 Å². The number of fused-ring (bicyclic) bond motifs is 2. The third kappa shape index (κ3) is 3.63. The quantitative estimate of drug-likeness (QED) is 0.330. The highest BCUT2D eigenvalue weighted by Gasteiger charge is 2.14. The first kappa shape index (κ1) is 19.3. The minimum atomic E-state index is -0.480. The molecule has 0 aliphatic carbocycles. The predicted octanol–water partition coefficient (Wildman–Crippen LogP) is 3.46. The maximum atomic E-state index is 13.3. The summed E-state index contributed by atoms with van der Waals surface area (Å²) in [6.45, 7) is 0. The molecule has 0 saturated heterocycles. The van der Waals surface area contributed by atoms with Gasteiger partial charge >= 0.3 is 5.56 Å². The molecule has 0 radical (unpaired) electrons. The van der Waals surface area contributed by atoms with E-state index in [1.165, 1.54) is 0 Å². The Balaban J connectivity index is 1.77. The summed E-state index contributed by atoms with van der Waals surface area (Å²) in [7, 11) is 0. The molecular formula is C25H17N5O2. The fourth-order valence-corrected chi connectivity index (χ4v) is 3.30. The lowest BCUT2D eigenvalue weighted by molar-refractivity contribution is 0.731. The minimum absolute atomic E-state index is 0.0442. The number of hydrogen-bond donors (Lipinski definition) is 0. The standard InChI is InChI=1S/C25H17N5O2/c31-23-20-13-7-8-14-21(20)27-25-29(26-17-19-11-5-2-6-12-19)24(32)22(28-30(23)25)16-15-18-9-3-1-4-10-18/h1-17H/b16-15+,26-17+. The monoisotopic (exact) mass is 419 g/mol. The van der Waals surface area contributed by atoms with Crippen LogP contribution in [0.3, 0.4) is 0 Å². The fourth-order valence-electron chi connectivity index (χ4n) is 3.30. The second kappa shape index (κ2) is 8.23. The van der Waals surface area contributed by atoms with Crippen molar-refractivity contribution >= 4 is 35.0 Å². The van der Waals surface area contributed by atoms with Gasteiger partial charge in [-0.15, -0.1) is 0 Å². The van der Waals surface area contributed by atoms with E-state index in [0.29, 0.717) is 10.9 Å². The zero-order valence-electron chi connectivity index (χ0n) is 16.9. The molecule has 0 aliphatic heterocycles. The highest BCUT2D eigenvalue weighted by atomic mass is 16.1. The second-order valence-corrected chi connectivity index (χ2v) is 7.05. The molecule has 0 bridgehead atoms. The van der Waals surface area contributed by atoms with Crippen LogP contribution >= 0.6 is 0 Å². The van der Waals surface area contributed by atoms with E-state index in [0.717, 1.165) is 20.3 Å². The van der Waals surface area contributed by atoms with Gasteiger partial charge < -0.3 is 0 Å². The van der Waals surface area contributed by atoms with Gasteiger partial charge in [-0.25, -0.2) is 4.98 Å². The molecule has 32 heavy (non-hydrogen) atoms. The number of aromatic nitrogens is 4. The second-order valence-electron chi connectivity index (χ2n) is 7.05. The molecule has 0 amide bonds. The maximum Gasteiger partial charge on any atom is 0.301 e. The maximum absolute atomic E-state index is 13.3. The summed E-state index contributed by atoms with van der Waals surface area (Å²) in [4.78, 5) is 30.9. The lowest BCUT2D eigenvalue weighted by atomic mass is 10.2. The van der Waals surface area contributed by atoms with Gasteiger partial charge in [-0.2, -0.15) is 19.4 Å². The number of para-hydroxylation sites is 1. The molecule has 5 aromatic rings. The highest BCUT2D eigenvalue weighted by Crippen LogP contribution is 2.09. The minimum Gasteiger partial charge on any atom is -0.267 e. The molecule has 5 rings (SSSR count). The van der Waals surface area contributed by atoms with Crippen molar-refractivity contribution in [3.8, 4) is 0 Å². The van der Waals surface area contributed by atoms with Gasteiger partial charge in [0.15, 0.2) is 5.69 Å². The Morgan fingerprint density at radius 1 is 0.719 bits per heavy atom. The molecule has 0 fully saturated rings. The molecule has 2 aromatic heterocycles. The lowest BCUT2D eigenvalue weighted by Gasteiger charge is -2.07. The van der Waals surface area contributed by atoms with E-state index >= 15 is 0 Å². The molecule has 2 heterocycles. The Bertz CT molecular complexity index is 1600. The smallest absolute Gasteiger partial charge is 0.267 e. The molecule has 0 unspecified atom stereocenters. The van der Waals surface area contributed by atoms with Gasteiger partial charge in [-0.3, -0.25) is 9.59 Å². The van der Waals surface area contributed by atoms with Crippen molar-refractivity contribution in [2.45, 2.75) is 0 Å². The van der Waals surface area contributed by atoms with Gasteiger partial charge in [0.2, 0.25) is 0 Å². The van der Waals surface area contributed by atoms with Gasteiger partial charge in [0.25, 0.3) is 11.3 Å². The molecule has 0 N–H and O–H groups in total. The van der Waals surface area contributed by atoms with E-state index in [9.17, 15) is 9.59 Å². The average Bonchev–Trinajstić information content (AvgIpc) is 2.84. The first-order valence-electron chi connectivity index (χ1n) is 9.98. The van der Waals surface area contributed by atoms with Crippen LogP contribution in [0, 0.1) is 0 Å². The largest absolute Gasteiger partial charge is 0.301 e. The first-order valence-corrected chi connectivity index (χ1v) is 9.98. The summed E-state index contributed by atoms with van der Waals surface area (Å²) >= 11 is 0. The van der Waals surface area contributed by atoms with Crippen LogP contribution in [0.4, 0.5) is 0 Å². The highest BCUT2D eigenvalue weighted by molar-refractivity contribution is 5.80. The summed E-state index contributed by atoms with van der Waals surface area (Å²) in [5, 5.41) is 9.06. The Morgan fingerprint density at radius 2 is 1.38 bits per heavy atom. The molecule has 3 aromatic carbocycles. The normalized spacial score (nSPS) is 11.8. The summed E-state index contributed by atoms with van der Waals surface area (Å²) in [6, 6.07) is 25.8. The Morgan fingerprint density at radius 3 is 2.12 bits per heavy atom. The molecule has 7 nitrogen and oxygen atoms in total. The number of rotatable bonds is 4. The summed E-state index contributed by atoms with van der Waals surface area (Å²) in [5.74, 6) is 0.0442. The zero-order chi connectivity index (χ0) is 21.9. The predicted molar refractivity (Wildman–Crippen MR) is 126 cm³/mol. The van der Waals surface area contributed by atoms with Crippen molar-refractivity contribution in [3.05, 3.63) is 122 Å².